The summed E-state index contributed by atoms with van der Waals surface area (Å²) < 4.78 is 4.76. The van der Waals surface area contributed by atoms with Gasteiger partial charge in [0.15, 0.2) is 6.10 Å². The molecule has 7 heteroatoms. The van der Waals surface area contributed by atoms with Crippen LogP contribution in [0.15, 0.2) is 30.7 Å². The zero-order chi connectivity index (χ0) is 14.5. The Morgan fingerprint density at radius 1 is 1.50 bits per heavy atom. The zero-order valence-electron chi connectivity index (χ0n) is 11.1. The van der Waals surface area contributed by atoms with Gasteiger partial charge in [0.05, 0.1) is 18.1 Å². The van der Waals surface area contributed by atoms with E-state index in [1.54, 1.807) is 38.5 Å². The normalized spacial score (nSPS) is 11.7. The molecule has 1 N–H and O–H groups in total. The van der Waals surface area contributed by atoms with Gasteiger partial charge < -0.3 is 14.6 Å². The van der Waals surface area contributed by atoms with Gasteiger partial charge in [-0.05, 0) is 19.1 Å². The number of rotatable bonds is 5. The lowest BCUT2D eigenvalue weighted by Gasteiger charge is -2.15. The number of H-pyrrole nitrogens is 1. The first kappa shape index (κ1) is 13.7. The van der Waals surface area contributed by atoms with E-state index < -0.39 is 6.10 Å². The lowest BCUT2D eigenvalue weighted by atomic mass is 10.3. The van der Waals surface area contributed by atoms with E-state index in [0.29, 0.717) is 23.7 Å². The second kappa shape index (κ2) is 5.96. The Morgan fingerprint density at radius 3 is 2.95 bits per heavy atom. The highest BCUT2D eigenvalue weighted by Crippen LogP contribution is 2.15. The molecule has 2 aromatic heterocycles. The number of hydrogen-bond donors (Lipinski definition) is 1. The average molecular weight is 274 g/mol. The number of aromatic amines is 1. The fourth-order valence-electron chi connectivity index (χ4n) is 1.65. The highest BCUT2D eigenvalue weighted by atomic mass is 16.5. The summed E-state index contributed by atoms with van der Waals surface area (Å²) in [5, 5.41) is 0. The van der Waals surface area contributed by atoms with Gasteiger partial charge in [-0.2, -0.15) is 0 Å². The number of carbonyl (C=O) groups is 2. The van der Waals surface area contributed by atoms with Gasteiger partial charge in [-0.25, -0.2) is 4.98 Å². The van der Waals surface area contributed by atoms with Crippen molar-refractivity contribution in [2.45, 2.75) is 13.0 Å². The molecule has 0 saturated heterocycles. The van der Waals surface area contributed by atoms with Crippen molar-refractivity contribution in [3.63, 3.8) is 0 Å². The molecule has 1 unspecified atom stereocenters. The summed E-state index contributed by atoms with van der Waals surface area (Å²) >= 11 is 0. The smallest absolute Gasteiger partial charge is 0.293 e. The molecular weight excluding hydrogens is 260 g/mol. The van der Waals surface area contributed by atoms with E-state index >= 15 is 0 Å². The Morgan fingerprint density at radius 2 is 2.30 bits per heavy atom. The maximum Gasteiger partial charge on any atom is 0.293 e. The van der Waals surface area contributed by atoms with Crippen LogP contribution >= 0.6 is 0 Å². The average Bonchev–Trinajstić information content (AvgIpc) is 2.97. The molecule has 104 valence electrons. The molecule has 1 atom stereocenters. The van der Waals surface area contributed by atoms with Gasteiger partial charge in [-0.3, -0.25) is 14.6 Å². The fourth-order valence-corrected chi connectivity index (χ4v) is 1.65. The van der Waals surface area contributed by atoms with Gasteiger partial charge >= 0.3 is 0 Å². The van der Waals surface area contributed by atoms with Crippen LogP contribution in [0.2, 0.25) is 0 Å². The first-order chi connectivity index (χ1) is 9.63. The van der Waals surface area contributed by atoms with E-state index in [9.17, 15) is 9.59 Å². The summed E-state index contributed by atoms with van der Waals surface area (Å²) in [7, 11) is 1.64. The van der Waals surface area contributed by atoms with Crippen molar-refractivity contribution >= 4 is 18.1 Å². The number of ether oxygens (including phenoxy) is 1. The molecule has 2 rings (SSSR count). The monoisotopic (exact) mass is 274 g/mol. The number of imidazole rings is 1. The van der Waals surface area contributed by atoms with Crippen molar-refractivity contribution in [3.05, 3.63) is 42.2 Å². The molecule has 20 heavy (non-hydrogen) atoms. The summed E-state index contributed by atoms with van der Waals surface area (Å²) in [5.74, 6) is 0.162. The van der Waals surface area contributed by atoms with E-state index in [2.05, 4.69) is 15.0 Å². The van der Waals surface area contributed by atoms with Gasteiger partial charge in [0.1, 0.15) is 11.5 Å². The topological polar surface area (TPSA) is 88.2 Å². The van der Waals surface area contributed by atoms with Gasteiger partial charge in [0, 0.05) is 13.2 Å². The van der Waals surface area contributed by atoms with Gasteiger partial charge in [-0.15, -0.1) is 0 Å². The first-order valence-corrected chi connectivity index (χ1v) is 5.95. The van der Waals surface area contributed by atoms with Crippen LogP contribution in [0, 0.1) is 0 Å². The molecule has 0 bridgehead atoms. The highest BCUT2D eigenvalue weighted by Gasteiger charge is 2.18. The number of amides is 1. The van der Waals surface area contributed by atoms with Gasteiger partial charge in [-0.1, -0.05) is 0 Å². The van der Waals surface area contributed by atoms with E-state index in [1.165, 1.54) is 11.1 Å². The minimum absolute atomic E-state index is 0.255. The molecule has 0 aliphatic heterocycles. The minimum atomic E-state index is -0.530. The number of carbonyl (C=O) groups excluding carboxylic acids is 2. The molecule has 0 aliphatic carbocycles. The van der Waals surface area contributed by atoms with Crippen molar-refractivity contribution < 1.29 is 14.3 Å². The molecule has 1 amide bonds. The van der Waals surface area contributed by atoms with Crippen LogP contribution in [0.5, 0.6) is 0 Å². The summed E-state index contributed by atoms with van der Waals surface area (Å²) in [6.45, 7) is 2.00. The molecule has 0 aromatic carbocycles. The number of aromatic nitrogens is 3. The molecule has 0 radical (unpaired) electrons. The maximum atomic E-state index is 12.3. The van der Waals surface area contributed by atoms with Crippen LogP contribution in [0.4, 0.5) is 5.69 Å². The minimum Gasteiger partial charge on any atom is -0.457 e. The van der Waals surface area contributed by atoms with Gasteiger partial charge in [0.25, 0.3) is 12.4 Å². The summed E-state index contributed by atoms with van der Waals surface area (Å²) in [6, 6.07) is 3.53. The lowest BCUT2D eigenvalue weighted by Crippen LogP contribution is -2.26. The zero-order valence-corrected chi connectivity index (χ0v) is 11.1. The van der Waals surface area contributed by atoms with Crippen molar-refractivity contribution in [2.24, 2.45) is 0 Å². The summed E-state index contributed by atoms with van der Waals surface area (Å²) in [6.07, 6.45) is 4.11. The Bertz CT molecular complexity index is 597. The quantitative estimate of drug-likeness (QED) is 0.830. The Labute approximate surface area is 115 Å². The fraction of sp³-hybridized carbons (Fsp3) is 0.231. The maximum absolute atomic E-state index is 12.3. The molecule has 2 aromatic rings. The molecule has 0 aliphatic rings. The second-order valence-corrected chi connectivity index (χ2v) is 4.13. The van der Waals surface area contributed by atoms with Crippen molar-refractivity contribution in [2.75, 3.05) is 11.9 Å². The Hall–Kier alpha value is -2.70. The predicted molar refractivity (Wildman–Crippen MR) is 71.1 cm³/mol. The van der Waals surface area contributed by atoms with E-state index in [-0.39, 0.29) is 5.91 Å². The molecule has 2 heterocycles. The first-order valence-electron chi connectivity index (χ1n) is 5.95. The molecule has 7 nitrogen and oxygen atoms in total. The van der Waals surface area contributed by atoms with Gasteiger partial charge in [0.2, 0.25) is 0 Å². The van der Waals surface area contributed by atoms with E-state index in [0.717, 1.165) is 0 Å². The van der Waals surface area contributed by atoms with E-state index in [4.69, 9.17) is 4.74 Å². The standard InChI is InChI=1S/C13H14N4O3/c1-9(20-8-18)12-15-7-11(16-12)13(19)17(2)10-4-3-5-14-6-10/h3-9H,1-2H3,(H,15,16). The van der Waals surface area contributed by atoms with Crippen LogP contribution < -0.4 is 4.90 Å². The van der Waals surface area contributed by atoms with Crippen LogP contribution in [-0.4, -0.2) is 34.4 Å². The van der Waals surface area contributed by atoms with Crippen molar-refractivity contribution in [1.82, 2.24) is 15.0 Å². The van der Waals surface area contributed by atoms with E-state index in [1.807, 2.05) is 0 Å². The summed E-state index contributed by atoms with van der Waals surface area (Å²) in [4.78, 5) is 34.8. The number of pyridine rings is 1. The molecule has 0 fully saturated rings. The van der Waals surface area contributed by atoms with Crippen molar-refractivity contribution in [1.29, 1.82) is 0 Å². The number of hydrogen-bond acceptors (Lipinski definition) is 5. The molecule has 0 spiro atoms. The predicted octanol–water partition coefficient (Wildman–Crippen LogP) is 1.32. The molecular formula is C13H14N4O3. The Balaban J connectivity index is 2.15. The van der Waals surface area contributed by atoms with Crippen LogP contribution in [0.25, 0.3) is 0 Å². The number of anilines is 1. The van der Waals surface area contributed by atoms with Crippen molar-refractivity contribution in [3.8, 4) is 0 Å². The third kappa shape index (κ3) is 2.82. The summed E-state index contributed by atoms with van der Waals surface area (Å²) in [5.41, 5.74) is 0.985. The van der Waals surface area contributed by atoms with Crippen LogP contribution in [-0.2, 0) is 9.53 Å². The van der Waals surface area contributed by atoms with Crippen LogP contribution in [0.1, 0.15) is 29.3 Å². The highest BCUT2D eigenvalue weighted by molar-refractivity contribution is 6.04. The second-order valence-electron chi connectivity index (χ2n) is 4.13. The Kier molecular flexibility index (Phi) is 4.09. The SMILES string of the molecule is CC(OC=O)c1ncc(C(=O)N(C)c2cccnc2)[nH]1. The number of nitrogens with zero attached hydrogens (tertiary/aromatic N) is 3. The lowest BCUT2D eigenvalue weighted by molar-refractivity contribution is -0.133. The number of nitrogens with one attached hydrogen (secondary N) is 1. The third-order valence-electron chi connectivity index (χ3n) is 2.81. The largest absolute Gasteiger partial charge is 0.457 e. The van der Waals surface area contributed by atoms with Crippen LogP contribution in [0.3, 0.4) is 0 Å². The third-order valence-corrected chi connectivity index (χ3v) is 2.81. The molecule has 0 saturated carbocycles.